The van der Waals surface area contributed by atoms with Crippen LogP contribution in [0.2, 0.25) is 0 Å². The van der Waals surface area contributed by atoms with Crippen LogP contribution in [-0.2, 0) is 9.53 Å². The number of nitrogens with zero attached hydrogens (tertiary/aromatic N) is 1. The van der Waals surface area contributed by atoms with E-state index in [0.29, 0.717) is 23.9 Å². The van der Waals surface area contributed by atoms with Crippen LogP contribution in [0, 0.1) is 17.8 Å². The van der Waals surface area contributed by atoms with Gasteiger partial charge in [-0.15, -0.1) is 0 Å². The second-order valence-corrected chi connectivity index (χ2v) is 6.69. The summed E-state index contributed by atoms with van der Waals surface area (Å²) in [7, 11) is 1.70. The Morgan fingerprint density at radius 1 is 1.16 bits per heavy atom. The highest BCUT2D eigenvalue weighted by Crippen LogP contribution is 2.32. The summed E-state index contributed by atoms with van der Waals surface area (Å²) < 4.78 is 5.44. The van der Waals surface area contributed by atoms with E-state index < -0.39 is 0 Å². The van der Waals surface area contributed by atoms with Crippen molar-refractivity contribution < 1.29 is 9.53 Å². The second-order valence-electron chi connectivity index (χ2n) is 6.69. The fraction of sp³-hybridized carbons (Fsp3) is 0.938. The molecule has 1 rings (SSSR count). The quantitative estimate of drug-likeness (QED) is 0.766. The van der Waals surface area contributed by atoms with Crippen molar-refractivity contribution in [3.63, 3.8) is 0 Å². The van der Waals surface area contributed by atoms with Crippen molar-refractivity contribution in [3.8, 4) is 0 Å². The Morgan fingerprint density at radius 3 is 2.16 bits per heavy atom. The molecule has 0 aliphatic carbocycles. The molecule has 0 aromatic rings. The predicted octanol–water partition coefficient (Wildman–Crippen LogP) is 3.33. The fourth-order valence-electron chi connectivity index (χ4n) is 3.40. The van der Waals surface area contributed by atoms with Crippen LogP contribution in [-0.4, -0.2) is 36.1 Å². The van der Waals surface area contributed by atoms with Crippen molar-refractivity contribution >= 4 is 5.91 Å². The lowest BCUT2D eigenvalue weighted by Gasteiger charge is -2.37. The monoisotopic (exact) mass is 269 g/mol. The Labute approximate surface area is 118 Å². The molecule has 1 amide bonds. The van der Waals surface area contributed by atoms with Crippen molar-refractivity contribution in [3.05, 3.63) is 0 Å². The third-order valence-corrected chi connectivity index (χ3v) is 4.62. The minimum atomic E-state index is -0.0354. The van der Waals surface area contributed by atoms with Crippen LogP contribution in [0.15, 0.2) is 0 Å². The molecule has 0 aromatic heterocycles. The lowest BCUT2D eigenvalue weighted by Crippen LogP contribution is -2.49. The molecular weight excluding hydrogens is 238 g/mol. The summed E-state index contributed by atoms with van der Waals surface area (Å²) in [6, 6.07) is 0.762. The van der Waals surface area contributed by atoms with Crippen molar-refractivity contribution in [1.82, 2.24) is 4.90 Å². The summed E-state index contributed by atoms with van der Waals surface area (Å²) in [5.74, 6) is 1.09. The lowest BCUT2D eigenvalue weighted by molar-refractivity contribution is -0.145. The Hall–Kier alpha value is -0.570. The molecule has 3 nitrogen and oxygen atoms in total. The average molecular weight is 269 g/mol. The number of carbonyl (C=O) groups is 1. The van der Waals surface area contributed by atoms with Gasteiger partial charge in [-0.25, -0.2) is 0 Å². The minimum Gasteiger partial charge on any atom is -0.381 e. The number of hydrogen-bond donors (Lipinski definition) is 0. The van der Waals surface area contributed by atoms with Gasteiger partial charge in [0.25, 0.3) is 0 Å². The number of hydrogen-bond acceptors (Lipinski definition) is 2. The van der Waals surface area contributed by atoms with Gasteiger partial charge in [0.1, 0.15) is 0 Å². The zero-order valence-corrected chi connectivity index (χ0v) is 13.6. The van der Waals surface area contributed by atoms with Crippen LogP contribution in [0.3, 0.4) is 0 Å². The van der Waals surface area contributed by atoms with E-state index in [1.54, 1.807) is 7.11 Å². The van der Waals surface area contributed by atoms with E-state index in [0.717, 1.165) is 12.8 Å². The highest BCUT2D eigenvalue weighted by Gasteiger charge is 2.41. The molecule has 1 aliphatic heterocycles. The first-order valence-electron chi connectivity index (χ1n) is 7.66. The van der Waals surface area contributed by atoms with E-state index in [1.807, 2.05) is 6.92 Å². The van der Waals surface area contributed by atoms with Gasteiger partial charge in [-0.05, 0) is 38.5 Å². The maximum Gasteiger partial charge on any atom is 0.229 e. The third kappa shape index (κ3) is 3.50. The summed E-state index contributed by atoms with van der Waals surface area (Å²) in [6.07, 6.45) is 2.24. The summed E-state index contributed by atoms with van der Waals surface area (Å²) in [5, 5.41) is 0. The zero-order valence-electron chi connectivity index (χ0n) is 13.6. The van der Waals surface area contributed by atoms with Crippen molar-refractivity contribution in [1.29, 1.82) is 0 Å². The molecule has 0 bridgehead atoms. The van der Waals surface area contributed by atoms with Gasteiger partial charge >= 0.3 is 0 Å². The average Bonchev–Trinajstić information content (AvgIpc) is 2.70. The number of ether oxygens (including phenoxy) is 1. The molecule has 4 atom stereocenters. The van der Waals surface area contributed by atoms with Gasteiger partial charge in [-0.1, -0.05) is 27.7 Å². The maximum atomic E-state index is 13.0. The zero-order chi connectivity index (χ0) is 14.7. The Balaban J connectivity index is 2.94. The van der Waals surface area contributed by atoms with E-state index in [1.165, 1.54) is 0 Å². The first-order chi connectivity index (χ1) is 8.81. The summed E-state index contributed by atoms with van der Waals surface area (Å²) in [5.41, 5.74) is 0. The van der Waals surface area contributed by atoms with Crippen LogP contribution < -0.4 is 0 Å². The first-order valence-corrected chi connectivity index (χ1v) is 7.66. The fourth-order valence-corrected chi connectivity index (χ4v) is 3.40. The van der Waals surface area contributed by atoms with Gasteiger partial charge in [0.2, 0.25) is 5.91 Å². The van der Waals surface area contributed by atoms with Gasteiger partial charge in [0.15, 0.2) is 0 Å². The molecule has 1 fully saturated rings. The van der Waals surface area contributed by atoms with Gasteiger partial charge in [-0.3, -0.25) is 4.79 Å². The van der Waals surface area contributed by atoms with Crippen molar-refractivity contribution in [2.45, 2.75) is 72.6 Å². The minimum absolute atomic E-state index is 0.0203. The molecule has 19 heavy (non-hydrogen) atoms. The molecule has 1 aliphatic rings. The molecule has 0 saturated carbocycles. The highest BCUT2D eigenvalue weighted by atomic mass is 16.5. The largest absolute Gasteiger partial charge is 0.381 e. The lowest BCUT2D eigenvalue weighted by atomic mass is 9.88. The molecule has 0 N–H and O–H groups in total. The van der Waals surface area contributed by atoms with Gasteiger partial charge < -0.3 is 9.64 Å². The molecule has 0 radical (unpaired) electrons. The number of amides is 1. The molecule has 0 aromatic carbocycles. The van der Waals surface area contributed by atoms with Crippen molar-refractivity contribution in [2.24, 2.45) is 17.8 Å². The normalized spacial score (nSPS) is 27.1. The van der Waals surface area contributed by atoms with E-state index in [4.69, 9.17) is 4.74 Å². The topological polar surface area (TPSA) is 29.5 Å². The number of likely N-dealkylation sites (tertiary alicyclic amines) is 1. The van der Waals surface area contributed by atoms with Gasteiger partial charge in [0, 0.05) is 19.2 Å². The molecule has 3 heteroatoms. The van der Waals surface area contributed by atoms with Crippen LogP contribution in [0.1, 0.15) is 54.4 Å². The van der Waals surface area contributed by atoms with Gasteiger partial charge in [0.05, 0.1) is 12.0 Å². The summed E-state index contributed by atoms with van der Waals surface area (Å²) in [4.78, 5) is 15.1. The van der Waals surface area contributed by atoms with Crippen LogP contribution in [0.5, 0.6) is 0 Å². The van der Waals surface area contributed by atoms with Crippen LogP contribution >= 0.6 is 0 Å². The standard InChI is InChI=1S/C16H31NO2/c1-10(2)14-9-8-12(5)17(14)16(18)15(11(3)4)13(6)19-7/h10-15H,8-9H2,1-7H3/t12?,13?,14-,15?/m0/s1. The second kappa shape index (κ2) is 6.74. The molecule has 3 unspecified atom stereocenters. The molecule has 0 spiro atoms. The predicted molar refractivity (Wildman–Crippen MR) is 79.0 cm³/mol. The Morgan fingerprint density at radius 2 is 1.74 bits per heavy atom. The Kier molecular flexibility index (Phi) is 5.84. The van der Waals surface area contributed by atoms with E-state index in [9.17, 15) is 4.79 Å². The number of methoxy groups -OCH3 is 1. The van der Waals surface area contributed by atoms with Crippen molar-refractivity contribution in [2.75, 3.05) is 7.11 Å². The first kappa shape index (κ1) is 16.5. The van der Waals surface area contributed by atoms with E-state index in [2.05, 4.69) is 39.5 Å². The smallest absolute Gasteiger partial charge is 0.229 e. The number of carbonyl (C=O) groups excluding carboxylic acids is 1. The number of rotatable bonds is 5. The van der Waals surface area contributed by atoms with Crippen LogP contribution in [0.25, 0.3) is 0 Å². The van der Waals surface area contributed by atoms with Gasteiger partial charge in [-0.2, -0.15) is 0 Å². The van der Waals surface area contributed by atoms with E-state index >= 15 is 0 Å². The molecule has 1 saturated heterocycles. The van der Waals surface area contributed by atoms with Crippen LogP contribution in [0.4, 0.5) is 0 Å². The molecule has 1 heterocycles. The highest BCUT2D eigenvalue weighted by molar-refractivity contribution is 5.80. The van der Waals surface area contributed by atoms with E-state index in [-0.39, 0.29) is 17.9 Å². The summed E-state index contributed by atoms with van der Waals surface area (Å²) >= 11 is 0. The maximum absolute atomic E-state index is 13.0. The SMILES string of the molecule is COC(C)C(C(=O)N1C(C)CC[C@H]1C(C)C)C(C)C. The Bertz CT molecular complexity index is 301. The molecular formula is C16H31NO2. The molecule has 112 valence electrons. The third-order valence-electron chi connectivity index (χ3n) is 4.62. The summed E-state index contributed by atoms with van der Waals surface area (Å²) in [6.45, 7) is 12.8.